The highest BCUT2D eigenvalue weighted by molar-refractivity contribution is 6.30. The summed E-state index contributed by atoms with van der Waals surface area (Å²) in [6.45, 7) is 0.241. The minimum absolute atomic E-state index is 0.241. The minimum Gasteiger partial charge on any atom is -0.480 e. The summed E-state index contributed by atoms with van der Waals surface area (Å²) in [7, 11) is 0. The average molecular weight is 271 g/mol. The molecule has 1 aromatic rings. The van der Waals surface area contributed by atoms with E-state index in [-0.39, 0.29) is 19.1 Å². The summed E-state index contributed by atoms with van der Waals surface area (Å²) in [6.07, 6.45) is 1.85. The number of amides is 1. The van der Waals surface area contributed by atoms with Gasteiger partial charge in [0.15, 0.2) is 0 Å². The number of ether oxygens (including phenoxy) is 1. The molecule has 0 unspecified atom stereocenters. The molecule has 96 valence electrons. The first-order valence-corrected chi connectivity index (χ1v) is 5.70. The highest BCUT2D eigenvalue weighted by atomic mass is 35.5. The summed E-state index contributed by atoms with van der Waals surface area (Å²) < 4.78 is 5.51. The first-order valence-electron chi connectivity index (χ1n) is 5.32. The second kappa shape index (κ2) is 5.22. The van der Waals surface area contributed by atoms with Crippen molar-refractivity contribution in [2.24, 2.45) is 0 Å². The second-order valence-electron chi connectivity index (χ2n) is 3.95. The molecule has 1 N–H and O–H groups in total. The maximum absolute atomic E-state index is 10.9. The van der Waals surface area contributed by atoms with Gasteiger partial charge in [-0.05, 0) is 6.07 Å². The van der Waals surface area contributed by atoms with Crippen LogP contribution in [0.3, 0.4) is 0 Å². The van der Waals surface area contributed by atoms with Gasteiger partial charge in [0.2, 0.25) is 12.3 Å². The average Bonchev–Trinajstić information content (AvgIpc) is 2.75. The Balaban J connectivity index is 2.01. The van der Waals surface area contributed by atoms with Crippen LogP contribution >= 0.6 is 11.6 Å². The summed E-state index contributed by atoms with van der Waals surface area (Å²) in [4.78, 5) is 26.8. The van der Waals surface area contributed by atoms with Gasteiger partial charge < -0.3 is 14.7 Å². The first-order chi connectivity index (χ1) is 8.60. The van der Waals surface area contributed by atoms with Crippen LogP contribution in [0.5, 0.6) is 5.88 Å². The van der Waals surface area contributed by atoms with Gasteiger partial charge in [-0.2, -0.15) is 0 Å². The van der Waals surface area contributed by atoms with Crippen molar-refractivity contribution in [3.05, 3.63) is 23.4 Å². The van der Waals surface area contributed by atoms with E-state index in [1.807, 2.05) is 0 Å². The van der Waals surface area contributed by atoms with Crippen molar-refractivity contribution >= 4 is 24.0 Å². The van der Waals surface area contributed by atoms with Crippen LogP contribution < -0.4 is 4.74 Å². The summed E-state index contributed by atoms with van der Waals surface area (Å²) in [5.41, 5.74) is 0. The molecule has 2 rings (SSSR count). The summed E-state index contributed by atoms with van der Waals surface area (Å²) in [6, 6.07) is 2.40. The number of carbonyl (C=O) groups is 2. The van der Waals surface area contributed by atoms with Gasteiger partial charge in [0, 0.05) is 18.7 Å². The number of pyridine rings is 1. The van der Waals surface area contributed by atoms with Gasteiger partial charge in [-0.15, -0.1) is 0 Å². The van der Waals surface area contributed by atoms with E-state index in [1.165, 1.54) is 11.1 Å². The van der Waals surface area contributed by atoms with Gasteiger partial charge in [0.25, 0.3) is 0 Å². The summed E-state index contributed by atoms with van der Waals surface area (Å²) >= 11 is 5.69. The Labute approximate surface area is 108 Å². The molecule has 0 bridgehead atoms. The Hall–Kier alpha value is -1.82. The molecule has 1 amide bonds. The fourth-order valence-corrected chi connectivity index (χ4v) is 1.98. The Morgan fingerprint density at radius 2 is 2.39 bits per heavy atom. The van der Waals surface area contributed by atoms with E-state index in [4.69, 9.17) is 21.4 Å². The van der Waals surface area contributed by atoms with E-state index < -0.39 is 12.0 Å². The molecule has 0 aliphatic carbocycles. The van der Waals surface area contributed by atoms with Crippen molar-refractivity contribution < 1.29 is 19.4 Å². The SMILES string of the molecule is O=CN1C[C@H](Oc2ccc(Cl)cn2)C[C@H]1C(=O)O. The molecule has 2 heterocycles. The number of halogens is 1. The fraction of sp³-hybridized carbons (Fsp3) is 0.364. The Kier molecular flexibility index (Phi) is 3.66. The van der Waals surface area contributed by atoms with Crippen LogP contribution in [-0.2, 0) is 9.59 Å². The lowest BCUT2D eigenvalue weighted by molar-refractivity contribution is -0.144. The molecular weight excluding hydrogens is 260 g/mol. The normalized spacial score (nSPS) is 22.8. The predicted molar refractivity (Wildman–Crippen MR) is 62.5 cm³/mol. The van der Waals surface area contributed by atoms with Gasteiger partial charge in [-0.3, -0.25) is 4.79 Å². The molecule has 0 saturated carbocycles. The number of aliphatic carboxylic acids is 1. The van der Waals surface area contributed by atoms with Crippen molar-refractivity contribution in [3.63, 3.8) is 0 Å². The number of nitrogens with zero attached hydrogens (tertiary/aromatic N) is 2. The van der Waals surface area contributed by atoms with E-state index in [9.17, 15) is 9.59 Å². The van der Waals surface area contributed by atoms with Gasteiger partial charge in [0.1, 0.15) is 12.1 Å². The highest BCUT2D eigenvalue weighted by Crippen LogP contribution is 2.21. The predicted octanol–water partition coefficient (Wildman–Crippen LogP) is 0.798. The van der Waals surface area contributed by atoms with Crippen LogP contribution in [0.4, 0.5) is 0 Å². The Bertz CT molecular complexity index is 451. The molecule has 18 heavy (non-hydrogen) atoms. The minimum atomic E-state index is -1.03. The standard InChI is InChI=1S/C11H11ClN2O4/c12-7-1-2-10(13-4-7)18-8-3-9(11(16)17)14(5-8)6-15/h1-2,4,6,8-9H,3,5H2,(H,16,17)/t8-,9+/m1/s1. The van der Waals surface area contributed by atoms with Crippen molar-refractivity contribution in [3.8, 4) is 5.88 Å². The molecule has 1 aliphatic rings. The molecule has 0 aromatic carbocycles. The van der Waals surface area contributed by atoms with Crippen molar-refractivity contribution in [2.75, 3.05) is 6.54 Å². The zero-order chi connectivity index (χ0) is 13.1. The van der Waals surface area contributed by atoms with Crippen LogP contribution in [0.25, 0.3) is 0 Å². The molecule has 2 atom stereocenters. The Morgan fingerprint density at radius 3 is 2.89 bits per heavy atom. The zero-order valence-corrected chi connectivity index (χ0v) is 10.1. The van der Waals surface area contributed by atoms with Crippen LogP contribution in [-0.4, -0.2) is 46.1 Å². The quantitative estimate of drug-likeness (QED) is 0.819. The maximum Gasteiger partial charge on any atom is 0.326 e. The van der Waals surface area contributed by atoms with Crippen molar-refractivity contribution in [2.45, 2.75) is 18.6 Å². The molecule has 1 fully saturated rings. The van der Waals surface area contributed by atoms with E-state index in [2.05, 4.69) is 4.98 Å². The number of carbonyl (C=O) groups excluding carboxylic acids is 1. The zero-order valence-electron chi connectivity index (χ0n) is 9.32. The third-order valence-corrected chi connectivity index (χ3v) is 2.93. The van der Waals surface area contributed by atoms with E-state index in [0.29, 0.717) is 17.3 Å². The van der Waals surface area contributed by atoms with Crippen LogP contribution in [0.2, 0.25) is 5.02 Å². The highest BCUT2D eigenvalue weighted by Gasteiger charge is 2.37. The number of carboxylic acid groups (broad SMARTS) is 1. The summed E-state index contributed by atoms with van der Waals surface area (Å²) in [5, 5.41) is 9.44. The maximum atomic E-state index is 10.9. The molecular formula is C11H11ClN2O4. The van der Waals surface area contributed by atoms with Gasteiger partial charge in [0.05, 0.1) is 11.6 Å². The van der Waals surface area contributed by atoms with Crippen molar-refractivity contribution in [1.82, 2.24) is 9.88 Å². The largest absolute Gasteiger partial charge is 0.480 e. The lowest BCUT2D eigenvalue weighted by Crippen LogP contribution is -2.34. The van der Waals surface area contributed by atoms with E-state index in [0.717, 1.165) is 0 Å². The van der Waals surface area contributed by atoms with Gasteiger partial charge >= 0.3 is 5.97 Å². The van der Waals surface area contributed by atoms with Crippen LogP contribution in [0.1, 0.15) is 6.42 Å². The summed E-state index contributed by atoms with van der Waals surface area (Å²) in [5.74, 6) is -0.668. The molecule has 7 heteroatoms. The molecule has 1 saturated heterocycles. The Morgan fingerprint density at radius 1 is 1.61 bits per heavy atom. The monoisotopic (exact) mass is 270 g/mol. The molecule has 1 aromatic heterocycles. The smallest absolute Gasteiger partial charge is 0.326 e. The van der Waals surface area contributed by atoms with Crippen molar-refractivity contribution in [1.29, 1.82) is 0 Å². The second-order valence-corrected chi connectivity index (χ2v) is 4.38. The first kappa shape index (κ1) is 12.6. The van der Waals surface area contributed by atoms with Crippen LogP contribution in [0.15, 0.2) is 18.3 Å². The number of hydrogen-bond acceptors (Lipinski definition) is 4. The molecule has 6 nitrogen and oxygen atoms in total. The van der Waals surface area contributed by atoms with Crippen LogP contribution in [0, 0.1) is 0 Å². The van der Waals surface area contributed by atoms with E-state index in [1.54, 1.807) is 12.1 Å². The third kappa shape index (κ3) is 2.70. The molecule has 0 radical (unpaired) electrons. The fourth-order valence-electron chi connectivity index (χ4n) is 1.87. The lowest BCUT2D eigenvalue weighted by Gasteiger charge is -2.14. The third-order valence-electron chi connectivity index (χ3n) is 2.71. The number of aromatic nitrogens is 1. The van der Waals surface area contributed by atoms with E-state index >= 15 is 0 Å². The molecule has 1 aliphatic heterocycles. The lowest BCUT2D eigenvalue weighted by atomic mass is 10.2. The van der Waals surface area contributed by atoms with Gasteiger partial charge in [-0.25, -0.2) is 9.78 Å². The number of rotatable bonds is 4. The number of hydrogen-bond donors (Lipinski definition) is 1. The molecule has 0 spiro atoms. The topological polar surface area (TPSA) is 79.7 Å². The number of likely N-dealkylation sites (tertiary alicyclic amines) is 1. The van der Waals surface area contributed by atoms with Gasteiger partial charge in [-0.1, -0.05) is 11.6 Å². The number of carboxylic acids is 1.